The lowest BCUT2D eigenvalue weighted by Gasteiger charge is -2.30. The Morgan fingerprint density at radius 3 is 3.08 bits per heavy atom. The molecule has 3 heterocycles. The Balaban J connectivity index is 1.61. The molecule has 0 bridgehead atoms. The quantitative estimate of drug-likeness (QED) is 0.791. The van der Waals surface area contributed by atoms with Gasteiger partial charge in [-0.15, -0.1) is 5.10 Å². The second-order valence-corrected chi connectivity index (χ2v) is 6.38. The third kappa shape index (κ3) is 2.86. The first kappa shape index (κ1) is 15.7. The van der Waals surface area contributed by atoms with E-state index in [0.717, 1.165) is 30.2 Å². The third-order valence-corrected chi connectivity index (χ3v) is 4.79. The number of H-pyrrole nitrogens is 1. The van der Waals surface area contributed by atoms with Gasteiger partial charge in [0.05, 0.1) is 11.5 Å². The number of aromatic nitrogens is 2. The molecule has 25 heavy (non-hydrogen) atoms. The number of hydrogen-bond acceptors (Lipinski definition) is 5. The van der Waals surface area contributed by atoms with Crippen LogP contribution in [-0.4, -0.2) is 34.1 Å². The molecule has 1 aliphatic heterocycles. The Morgan fingerprint density at radius 2 is 2.32 bits per heavy atom. The first-order valence-corrected chi connectivity index (χ1v) is 8.50. The largest absolute Gasteiger partial charge is 0.463 e. The van der Waals surface area contributed by atoms with Gasteiger partial charge in [0.2, 0.25) is 5.89 Å². The van der Waals surface area contributed by atoms with E-state index in [-0.39, 0.29) is 11.8 Å². The van der Waals surface area contributed by atoms with Crippen LogP contribution in [0, 0.1) is 0 Å². The van der Waals surface area contributed by atoms with Gasteiger partial charge in [-0.3, -0.25) is 4.79 Å². The Kier molecular flexibility index (Phi) is 3.91. The van der Waals surface area contributed by atoms with Crippen LogP contribution in [0.3, 0.4) is 0 Å². The molecular weight excluding hydrogens is 322 g/mol. The predicted molar refractivity (Wildman–Crippen MR) is 90.6 cm³/mol. The number of aryl methyl sites for hydroxylation is 1. The van der Waals surface area contributed by atoms with E-state index in [1.165, 1.54) is 6.26 Å². The van der Waals surface area contributed by atoms with Crippen molar-refractivity contribution in [2.45, 2.75) is 32.1 Å². The molecule has 3 aromatic rings. The summed E-state index contributed by atoms with van der Waals surface area (Å²) in [5, 5.41) is 7.04. The fraction of sp³-hybridized carbons (Fsp3) is 0.389. The number of nitrogens with one attached hydrogen (secondary N) is 1. The van der Waals surface area contributed by atoms with Crippen molar-refractivity contribution in [3.8, 4) is 0 Å². The molecule has 1 atom stereocenters. The van der Waals surface area contributed by atoms with Gasteiger partial charge >= 0.3 is 5.76 Å². The highest BCUT2D eigenvalue weighted by molar-refractivity contribution is 6.06. The number of rotatable bonds is 3. The molecule has 0 aliphatic carbocycles. The highest BCUT2D eigenvalue weighted by atomic mass is 16.4. The fourth-order valence-electron chi connectivity index (χ4n) is 3.41. The maximum atomic E-state index is 13.0. The van der Waals surface area contributed by atoms with Crippen molar-refractivity contribution < 1.29 is 13.6 Å². The average Bonchev–Trinajstić information content (AvgIpc) is 3.27. The summed E-state index contributed by atoms with van der Waals surface area (Å²) >= 11 is 0. The SMILES string of the molecule is CCc1ccc2occ(C(=O)N3CCC[C@@H](c4n[nH]c(=O)o4)C3)c2c1. The van der Waals surface area contributed by atoms with Gasteiger partial charge in [0.15, 0.2) is 0 Å². The monoisotopic (exact) mass is 341 g/mol. The lowest BCUT2D eigenvalue weighted by atomic mass is 9.97. The van der Waals surface area contributed by atoms with Crippen LogP contribution in [0.15, 0.2) is 38.1 Å². The molecule has 1 saturated heterocycles. The first-order chi connectivity index (χ1) is 12.2. The van der Waals surface area contributed by atoms with Crippen LogP contribution in [0.4, 0.5) is 0 Å². The molecule has 1 fully saturated rings. The van der Waals surface area contributed by atoms with Crippen LogP contribution in [0.1, 0.15) is 47.5 Å². The van der Waals surface area contributed by atoms with Crippen LogP contribution >= 0.6 is 0 Å². The Bertz CT molecular complexity index is 968. The minimum absolute atomic E-state index is 0.0606. The van der Waals surface area contributed by atoms with E-state index in [9.17, 15) is 9.59 Å². The van der Waals surface area contributed by atoms with Gasteiger partial charge < -0.3 is 13.7 Å². The summed E-state index contributed by atoms with van der Waals surface area (Å²) in [6, 6.07) is 5.93. The van der Waals surface area contributed by atoms with E-state index in [0.29, 0.717) is 30.1 Å². The number of aromatic amines is 1. The van der Waals surface area contributed by atoms with Crippen LogP contribution < -0.4 is 5.76 Å². The number of fused-ring (bicyclic) bond motifs is 1. The minimum atomic E-state index is -0.564. The molecule has 7 nitrogen and oxygen atoms in total. The van der Waals surface area contributed by atoms with Gasteiger partial charge in [-0.2, -0.15) is 0 Å². The number of hydrogen-bond donors (Lipinski definition) is 1. The zero-order valence-corrected chi connectivity index (χ0v) is 13.9. The molecule has 1 amide bonds. The number of benzene rings is 1. The zero-order valence-electron chi connectivity index (χ0n) is 13.9. The van der Waals surface area contributed by atoms with Gasteiger partial charge in [-0.25, -0.2) is 9.89 Å². The number of furan rings is 1. The smallest absolute Gasteiger partial charge is 0.434 e. The maximum Gasteiger partial charge on any atom is 0.434 e. The predicted octanol–water partition coefficient (Wildman–Crippen LogP) is 2.69. The van der Waals surface area contributed by atoms with E-state index in [2.05, 4.69) is 17.1 Å². The molecule has 0 radical (unpaired) electrons. The summed E-state index contributed by atoms with van der Waals surface area (Å²) in [4.78, 5) is 25.9. The van der Waals surface area contributed by atoms with Crippen molar-refractivity contribution >= 4 is 16.9 Å². The molecule has 0 saturated carbocycles. The normalized spacial score (nSPS) is 18.0. The van der Waals surface area contributed by atoms with Crippen LogP contribution in [0.2, 0.25) is 0 Å². The minimum Gasteiger partial charge on any atom is -0.463 e. The summed E-state index contributed by atoms with van der Waals surface area (Å²) < 4.78 is 10.6. The molecule has 0 spiro atoms. The summed E-state index contributed by atoms with van der Waals surface area (Å²) in [5.41, 5.74) is 2.46. The van der Waals surface area contributed by atoms with Gasteiger partial charge in [0.25, 0.3) is 5.91 Å². The molecule has 2 aromatic heterocycles. The summed E-state index contributed by atoms with van der Waals surface area (Å²) in [6.45, 7) is 3.23. The molecule has 1 N–H and O–H groups in total. The molecule has 1 aliphatic rings. The van der Waals surface area contributed by atoms with Crippen molar-refractivity contribution in [1.82, 2.24) is 15.1 Å². The maximum absolute atomic E-state index is 13.0. The molecule has 7 heteroatoms. The number of nitrogens with zero attached hydrogens (tertiary/aromatic N) is 2. The van der Waals surface area contributed by atoms with E-state index < -0.39 is 5.76 Å². The highest BCUT2D eigenvalue weighted by Crippen LogP contribution is 2.29. The van der Waals surface area contributed by atoms with Crippen molar-refractivity contribution in [3.63, 3.8) is 0 Å². The molecule has 130 valence electrons. The van der Waals surface area contributed by atoms with Gasteiger partial charge in [0, 0.05) is 18.5 Å². The Hall–Kier alpha value is -2.83. The standard InChI is InChI=1S/C18H19N3O4/c1-2-11-5-6-15-13(8-11)14(10-24-15)17(22)21-7-3-4-12(9-21)16-19-20-18(23)25-16/h5-6,8,10,12H,2-4,7,9H2,1H3,(H,20,23)/t12-/m1/s1. The van der Waals surface area contributed by atoms with Crippen molar-refractivity contribution in [2.24, 2.45) is 0 Å². The summed E-state index contributed by atoms with van der Waals surface area (Å²) in [5.74, 6) is -0.324. The van der Waals surface area contributed by atoms with Crippen LogP contribution in [-0.2, 0) is 6.42 Å². The van der Waals surface area contributed by atoms with Crippen molar-refractivity contribution in [2.75, 3.05) is 13.1 Å². The van der Waals surface area contributed by atoms with E-state index in [4.69, 9.17) is 8.83 Å². The molecule has 4 rings (SSSR count). The summed E-state index contributed by atoms with van der Waals surface area (Å²) in [6.07, 6.45) is 4.11. The van der Waals surface area contributed by atoms with Crippen molar-refractivity contribution in [3.05, 3.63) is 52.0 Å². The molecule has 0 unspecified atom stereocenters. The van der Waals surface area contributed by atoms with E-state index in [1.54, 1.807) is 4.90 Å². The number of amides is 1. The van der Waals surface area contributed by atoms with Crippen LogP contribution in [0.5, 0.6) is 0 Å². The van der Waals surface area contributed by atoms with Crippen LogP contribution in [0.25, 0.3) is 11.0 Å². The Morgan fingerprint density at radius 1 is 1.44 bits per heavy atom. The van der Waals surface area contributed by atoms with Gasteiger partial charge in [-0.05, 0) is 37.0 Å². The Labute approximate surface area is 143 Å². The van der Waals surface area contributed by atoms with Gasteiger partial charge in [0.1, 0.15) is 11.8 Å². The second kappa shape index (κ2) is 6.23. The molecular formula is C18H19N3O4. The summed E-state index contributed by atoms with van der Waals surface area (Å²) in [7, 11) is 0. The number of carbonyl (C=O) groups excluding carboxylic acids is 1. The number of likely N-dealkylation sites (tertiary alicyclic amines) is 1. The number of carbonyl (C=O) groups is 1. The lowest BCUT2D eigenvalue weighted by molar-refractivity contribution is 0.0698. The lowest BCUT2D eigenvalue weighted by Crippen LogP contribution is -2.39. The van der Waals surface area contributed by atoms with E-state index in [1.807, 2.05) is 18.2 Å². The average molecular weight is 341 g/mol. The second-order valence-electron chi connectivity index (χ2n) is 6.38. The third-order valence-electron chi connectivity index (χ3n) is 4.79. The van der Waals surface area contributed by atoms with Crippen molar-refractivity contribution in [1.29, 1.82) is 0 Å². The first-order valence-electron chi connectivity index (χ1n) is 8.50. The fourth-order valence-corrected chi connectivity index (χ4v) is 3.41. The van der Waals surface area contributed by atoms with Gasteiger partial charge in [-0.1, -0.05) is 13.0 Å². The topological polar surface area (TPSA) is 92.3 Å². The molecule has 1 aromatic carbocycles. The zero-order chi connectivity index (χ0) is 17.4. The van der Waals surface area contributed by atoms with E-state index >= 15 is 0 Å². The number of piperidine rings is 1. The highest BCUT2D eigenvalue weighted by Gasteiger charge is 2.30.